The summed E-state index contributed by atoms with van der Waals surface area (Å²) in [7, 11) is 0. The number of para-hydroxylation sites is 1. The lowest BCUT2D eigenvalue weighted by Gasteiger charge is -2.17. The molecule has 2 aromatic heterocycles. The van der Waals surface area contributed by atoms with Crippen LogP contribution >= 0.6 is 11.3 Å². The number of carbonyl (C=O) groups is 1. The van der Waals surface area contributed by atoms with E-state index >= 15 is 0 Å². The van der Waals surface area contributed by atoms with E-state index in [1.807, 2.05) is 24.3 Å². The third-order valence-corrected chi connectivity index (χ3v) is 7.14. The molecule has 0 radical (unpaired) electrons. The van der Waals surface area contributed by atoms with Crippen LogP contribution in [0.2, 0.25) is 0 Å². The lowest BCUT2D eigenvalue weighted by molar-refractivity contribution is -0.116. The van der Waals surface area contributed by atoms with E-state index in [-0.39, 0.29) is 18.0 Å². The summed E-state index contributed by atoms with van der Waals surface area (Å²) in [5, 5.41) is 3.70. The molecule has 0 spiro atoms. The Balaban J connectivity index is 1.60. The van der Waals surface area contributed by atoms with Gasteiger partial charge in [-0.3, -0.25) is 14.2 Å². The van der Waals surface area contributed by atoms with Crippen molar-refractivity contribution < 1.29 is 4.79 Å². The van der Waals surface area contributed by atoms with E-state index in [9.17, 15) is 9.59 Å². The number of fused-ring (bicyclic) bond motifs is 3. The van der Waals surface area contributed by atoms with Crippen molar-refractivity contribution in [1.82, 2.24) is 9.55 Å². The predicted octanol–water partition coefficient (Wildman–Crippen LogP) is 4.74. The first kappa shape index (κ1) is 19.8. The van der Waals surface area contributed by atoms with Crippen LogP contribution in [0.4, 0.5) is 5.69 Å². The Morgan fingerprint density at radius 2 is 2.17 bits per heavy atom. The molecule has 3 aromatic rings. The van der Waals surface area contributed by atoms with Gasteiger partial charge in [-0.15, -0.1) is 11.3 Å². The van der Waals surface area contributed by atoms with Gasteiger partial charge in [0.25, 0.3) is 5.56 Å². The standard InChI is InChI=1S/C23H27N3O2S/c1-4-15(3)16-7-5-6-8-18(16)25-20(27)12-26-13-24-22-21(23(26)28)17-10-9-14(2)11-19(17)29-22/h5-8,13-15H,4,9-12H2,1-3H3,(H,25,27). The van der Waals surface area contributed by atoms with Crippen molar-refractivity contribution in [3.05, 3.63) is 57.0 Å². The molecule has 2 atom stereocenters. The molecular weight excluding hydrogens is 382 g/mol. The number of anilines is 1. The maximum atomic E-state index is 13.1. The van der Waals surface area contributed by atoms with Crippen molar-refractivity contribution in [1.29, 1.82) is 0 Å². The van der Waals surface area contributed by atoms with Crippen molar-refractivity contribution in [2.75, 3.05) is 5.32 Å². The summed E-state index contributed by atoms with van der Waals surface area (Å²) in [6.07, 6.45) is 5.54. The Morgan fingerprint density at radius 1 is 1.38 bits per heavy atom. The number of hydrogen-bond acceptors (Lipinski definition) is 4. The molecule has 1 aromatic carbocycles. The van der Waals surface area contributed by atoms with Crippen molar-refractivity contribution in [2.24, 2.45) is 5.92 Å². The molecule has 29 heavy (non-hydrogen) atoms. The Hall–Kier alpha value is -2.47. The van der Waals surface area contributed by atoms with Crippen LogP contribution in [-0.2, 0) is 24.2 Å². The molecule has 0 bridgehead atoms. The first-order valence-electron chi connectivity index (χ1n) is 10.4. The molecule has 6 heteroatoms. The maximum Gasteiger partial charge on any atom is 0.262 e. The molecule has 2 heterocycles. The second-order valence-electron chi connectivity index (χ2n) is 8.15. The number of aryl methyl sites for hydroxylation is 1. The number of nitrogens with zero attached hydrogens (tertiary/aromatic N) is 2. The Morgan fingerprint density at radius 3 is 2.97 bits per heavy atom. The molecule has 0 saturated carbocycles. The molecule has 1 N–H and O–H groups in total. The van der Waals surface area contributed by atoms with Gasteiger partial charge >= 0.3 is 0 Å². The van der Waals surface area contributed by atoms with Crippen LogP contribution in [0, 0.1) is 5.92 Å². The minimum Gasteiger partial charge on any atom is -0.324 e. The van der Waals surface area contributed by atoms with Crippen molar-refractivity contribution >= 4 is 33.1 Å². The molecule has 5 nitrogen and oxygen atoms in total. The molecule has 0 saturated heterocycles. The van der Waals surface area contributed by atoms with Crippen LogP contribution in [0.15, 0.2) is 35.4 Å². The Kier molecular flexibility index (Phi) is 5.54. The minimum absolute atomic E-state index is 0.0301. The molecule has 2 unspecified atom stereocenters. The van der Waals surface area contributed by atoms with E-state index in [0.717, 1.165) is 47.3 Å². The average Bonchev–Trinajstić information content (AvgIpc) is 3.08. The molecule has 0 aliphatic heterocycles. The molecule has 4 rings (SSSR count). The van der Waals surface area contributed by atoms with Crippen LogP contribution in [0.5, 0.6) is 0 Å². The monoisotopic (exact) mass is 409 g/mol. The fourth-order valence-corrected chi connectivity index (χ4v) is 5.42. The van der Waals surface area contributed by atoms with Gasteiger partial charge in [-0.2, -0.15) is 0 Å². The molecule has 1 aliphatic rings. The zero-order chi connectivity index (χ0) is 20.5. The largest absolute Gasteiger partial charge is 0.324 e. The smallest absolute Gasteiger partial charge is 0.262 e. The van der Waals surface area contributed by atoms with Crippen LogP contribution in [0.3, 0.4) is 0 Å². The fraction of sp³-hybridized carbons (Fsp3) is 0.435. The Bertz CT molecular complexity index is 1110. The second-order valence-corrected chi connectivity index (χ2v) is 9.24. The van der Waals surface area contributed by atoms with Crippen LogP contribution in [-0.4, -0.2) is 15.5 Å². The number of carbonyl (C=O) groups excluding carboxylic acids is 1. The lowest BCUT2D eigenvalue weighted by atomic mass is 9.89. The SMILES string of the molecule is CCC(C)c1ccccc1NC(=O)Cn1cnc2sc3c(c2c1=O)CCC(C)C3. The predicted molar refractivity (Wildman–Crippen MR) is 119 cm³/mol. The summed E-state index contributed by atoms with van der Waals surface area (Å²) >= 11 is 1.63. The zero-order valence-corrected chi connectivity index (χ0v) is 18.0. The fourth-order valence-electron chi connectivity index (χ4n) is 4.08. The maximum absolute atomic E-state index is 13.1. The van der Waals surface area contributed by atoms with Crippen LogP contribution in [0.1, 0.15) is 55.5 Å². The molecule has 0 fully saturated rings. The summed E-state index contributed by atoms with van der Waals surface area (Å²) in [6.45, 7) is 6.50. The highest BCUT2D eigenvalue weighted by atomic mass is 32.1. The number of nitrogens with one attached hydrogen (secondary N) is 1. The van der Waals surface area contributed by atoms with E-state index in [1.165, 1.54) is 15.8 Å². The third-order valence-electron chi connectivity index (χ3n) is 5.97. The first-order chi connectivity index (χ1) is 14.0. The highest BCUT2D eigenvalue weighted by Gasteiger charge is 2.23. The van der Waals surface area contributed by atoms with Crippen molar-refractivity contribution in [3.63, 3.8) is 0 Å². The van der Waals surface area contributed by atoms with Crippen LogP contribution < -0.4 is 10.9 Å². The summed E-state index contributed by atoms with van der Waals surface area (Å²) in [6, 6.07) is 7.86. The van der Waals surface area contributed by atoms with E-state index in [0.29, 0.717) is 17.2 Å². The summed E-state index contributed by atoms with van der Waals surface area (Å²) in [4.78, 5) is 32.4. The lowest BCUT2D eigenvalue weighted by Crippen LogP contribution is -2.28. The highest BCUT2D eigenvalue weighted by Crippen LogP contribution is 2.35. The summed E-state index contributed by atoms with van der Waals surface area (Å²) in [5.74, 6) is 0.794. The second kappa shape index (κ2) is 8.11. The number of thiophene rings is 1. The van der Waals surface area contributed by atoms with Crippen molar-refractivity contribution in [2.45, 2.75) is 58.9 Å². The molecule has 1 amide bonds. The number of benzene rings is 1. The number of hydrogen-bond donors (Lipinski definition) is 1. The number of rotatable bonds is 5. The van der Waals surface area contributed by atoms with Gasteiger partial charge in [-0.25, -0.2) is 4.98 Å². The van der Waals surface area contributed by atoms with Crippen LogP contribution in [0.25, 0.3) is 10.2 Å². The van der Waals surface area contributed by atoms with E-state index in [1.54, 1.807) is 11.3 Å². The first-order valence-corrected chi connectivity index (χ1v) is 11.2. The van der Waals surface area contributed by atoms with E-state index in [2.05, 4.69) is 31.1 Å². The Labute approximate surface area is 174 Å². The number of aromatic nitrogens is 2. The zero-order valence-electron chi connectivity index (χ0n) is 17.2. The normalized spacial score (nSPS) is 17.1. The third kappa shape index (κ3) is 3.86. The van der Waals surface area contributed by atoms with Gasteiger partial charge in [0.2, 0.25) is 5.91 Å². The van der Waals surface area contributed by atoms with Gasteiger partial charge in [-0.05, 0) is 54.7 Å². The van der Waals surface area contributed by atoms with Gasteiger partial charge in [0.15, 0.2) is 0 Å². The number of amides is 1. The quantitative estimate of drug-likeness (QED) is 0.662. The molecular formula is C23H27N3O2S. The average molecular weight is 410 g/mol. The molecule has 152 valence electrons. The van der Waals surface area contributed by atoms with Gasteiger partial charge < -0.3 is 5.32 Å². The van der Waals surface area contributed by atoms with Gasteiger partial charge in [-0.1, -0.05) is 39.0 Å². The molecule has 1 aliphatic carbocycles. The minimum atomic E-state index is -0.207. The van der Waals surface area contributed by atoms with E-state index < -0.39 is 0 Å². The summed E-state index contributed by atoms with van der Waals surface area (Å²) < 4.78 is 1.44. The van der Waals surface area contributed by atoms with Gasteiger partial charge in [0, 0.05) is 10.6 Å². The van der Waals surface area contributed by atoms with Gasteiger partial charge in [0.05, 0.1) is 11.7 Å². The van der Waals surface area contributed by atoms with Crippen molar-refractivity contribution in [3.8, 4) is 0 Å². The highest BCUT2D eigenvalue weighted by molar-refractivity contribution is 7.18. The van der Waals surface area contributed by atoms with E-state index in [4.69, 9.17) is 0 Å². The summed E-state index contributed by atoms with van der Waals surface area (Å²) in [5.41, 5.74) is 2.98. The van der Waals surface area contributed by atoms with Gasteiger partial charge in [0.1, 0.15) is 11.4 Å². The topological polar surface area (TPSA) is 64.0 Å².